The van der Waals surface area contributed by atoms with Crippen molar-refractivity contribution in [2.45, 2.75) is 31.8 Å². The fourth-order valence-electron chi connectivity index (χ4n) is 1.72. The highest BCUT2D eigenvalue weighted by Gasteiger charge is 2.45. The topological polar surface area (TPSA) is 39.2 Å². The molecule has 4 heteroatoms. The van der Waals surface area contributed by atoms with Gasteiger partial charge in [0.1, 0.15) is 11.3 Å². The van der Waals surface area contributed by atoms with Gasteiger partial charge in [-0.15, -0.1) is 11.3 Å². The van der Waals surface area contributed by atoms with Gasteiger partial charge in [-0.2, -0.15) is 0 Å². The molecule has 0 N–H and O–H groups in total. The number of methoxy groups -OCH3 is 1. The molecule has 2 rings (SSSR count). The van der Waals surface area contributed by atoms with Crippen LogP contribution in [0.2, 0.25) is 0 Å². The first-order valence-corrected chi connectivity index (χ1v) is 5.58. The number of carbonyl (C=O) groups is 1. The Kier molecular flexibility index (Phi) is 2.41. The van der Waals surface area contributed by atoms with Crippen LogP contribution in [0.3, 0.4) is 0 Å². The number of hydrogen-bond donors (Lipinski definition) is 0. The lowest BCUT2D eigenvalue weighted by atomic mass is 9.76. The highest BCUT2D eigenvalue weighted by atomic mass is 32.1. The summed E-state index contributed by atoms with van der Waals surface area (Å²) < 4.78 is 5.31. The monoisotopic (exact) mass is 211 g/mol. The molecule has 14 heavy (non-hydrogen) atoms. The summed E-state index contributed by atoms with van der Waals surface area (Å²) in [4.78, 5) is 16.2. The molecule has 0 unspecified atom stereocenters. The van der Waals surface area contributed by atoms with E-state index in [4.69, 9.17) is 4.74 Å². The highest BCUT2D eigenvalue weighted by molar-refractivity contribution is 7.09. The molecule has 0 bridgehead atoms. The van der Waals surface area contributed by atoms with Gasteiger partial charge in [0.15, 0.2) is 0 Å². The molecule has 3 nitrogen and oxygen atoms in total. The molecule has 1 heterocycles. The molecule has 76 valence electrons. The SMILES string of the molecule is COC1(C(=O)c2csc(C)n2)CCC1. The zero-order valence-corrected chi connectivity index (χ0v) is 9.19. The average Bonchev–Trinajstić information content (AvgIpc) is 2.50. The minimum atomic E-state index is -0.555. The molecule has 1 aliphatic rings. The van der Waals surface area contributed by atoms with Crippen LogP contribution in [-0.2, 0) is 4.74 Å². The van der Waals surface area contributed by atoms with Crippen LogP contribution in [0.4, 0.5) is 0 Å². The summed E-state index contributed by atoms with van der Waals surface area (Å²) >= 11 is 1.51. The number of hydrogen-bond acceptors (Lipinski definition) is 4. The molecule has 1 fully saturated rings. The first-order chi connectivity index (χ1) is 6.68. The summed E-state index contributed by atoms with van der Waals surface area (Å²) in [6.45, 7) is 1.90. The molecule has 1 aromatic heterocycles. The number of carbonyl (C=O) groups excluding carboxylic acids is 1. The van der Waals surface area contributed by atoms with Gasteiger partial charge < -0.3 is 4.74 Å². The van der Waals surface area contributed by atoms with Crippen molar-refractivity contribution in [1.82, 2.24) is 4.98 Å². The summed E-state index contributed by atoms with van der Waals surface area (Å²) in [5.74, 6) is 0.0515. The first-order valence-electron chi connectivity index (χ1n) is 4.70. The van der Waals surface area contributed by atoms with E-state index in [1.807, 2.05) is 12.3 Å². The van der Waals surface area contributed by atoms with Gasteiger partial charge in [0.05, 0.1) is 5.01 Å². The van der Waals surface area contributed by atoms with Crippen LogP contribution in [0, 0.1) is 6.92 Å². The average molecular weight is 211 g/mol. The second-order valence-electron chi connectivity index (χ2n) is 3.63. The van der Waals surface area contributed by atoms with Gasteiger partial charge in [-0.05, 0) is 26.2 Å². The normalized spacial score (nSPS) is 19.0. The molecular formula is C10H13NO2S. The van der Waals surface area contributed by atoms with Gasteiger partial charge in [-0.3, -0.25) is 4.79 Å². The molecule has 1 saturated carbocycles. The third-order valence-corrected chi connectivity index (χ3v) is 3.59. The van der Waals surface area contributed by atoms with Crippen molar-refractivity contribution in [3.05, 3.63) is 16.1 Å². The van der Waals surface area contributed by atoms with Gasteiger partial charge in [-0.25, -0.2) is 4.98 Å². The molecule has 0 radical (unpaired) electrons. The Bertz CT molecular complexity index is 349. The molecule has 1 aromatic rings. The Morgan fingerprint density at radius 2 is 2.36 bits per heavy atom. The van der Waals surface area contributed by atoms with Crippen molar-refractivity contribution in [3.63, 3.8) is 0 Å². The lowest BCUT2D eigenvalue weighted by molar-refractivity contribution is -0.0451. The van der Waals surface area contributed by atoms with Crippen LogP contribution in [0.5, 0.6) is 0 Å². The van der Waals surface area contributed by atoms with Crippen LogP contribution in [0.15, 0.2) is 5.38 Å². The van der Waals surface area contributed by atoms with E-state index in [9.17, 15) is 4.79 Å². The van der Waals surface area contributed by atoms with E-state index in [0.717, 1.165) is 24.3 Å². The molecule has 0 aliphatic heterocycles. The maximum Gasteiger partial charge on any atom is 0.213 e. The van der Waals surface area contributed by atoms with E-state index >= 15 is 0 Å². The van der Waals surface area contributed by atoms with Gasteiger partial charge in [-0.1, -0.05) is 0 Å². The van der Waals surface area contributed by atoms with Crippen LogP contribution in [0.1, 0.15) is 34.8 Å². The highest BCUT2D eigenvalue weighted by Crippen LogP contribution is 2.37. The van der Waals surface area contributed by atoms with Gasteiger partial charge in [0.25, 0.3) is 0 Å². The van der Waals surface area contributed by atoms with Crippen molar-refractivity contribution in [3.8, 4) is 0 Å². The fourth-order valence-corrected chi connectivity index (χ4v) is 2.32. The molecule has 0 amide bonds. The zero-order chi connectivity index (χ0) is 10.2. The number of nitrogens with zero attached hydrogens (tertiary/aromatic N) is 1. The van der Waals surface area contributed by atoms with Gasteiger partial charge in [0, 0.05) is 12.5 Å². The van der Waals surface area contributed by atoms with E-state index in [2.05, 4.69) is 4.98 Å². The zero-order valence-electron chi connectivity index (χ0n) is 8.37. The van der Waals surface area contributed by atoms with Crippen molar-refractivity contribution >= 4 is 17.1 Å². The Labute approximate surface area is 87.1 Å². The van der Waals surface area contributed by atoms with Crippen molar-refractivity contribution in [2.24, 2.45) is 0 Å². The quantitative estimate of drug-likeness (QED) is 0.719. The number of thiazole rings is 1. The number of ketones is 1. The summed E-state index contributed by atoms with van der Waals surface area (Å²) in [5.41, 5.74) is 0.00889. The second-order valence-corrected chi connectivity index (χ2v) is 4.70. The molecule has 1 aliphatic carbocycles. The summed E-state index contributed by atoms with van der Waals surface area (Å²) in [6.07, 6.45) is 2.74. The largest absolute Gasteiger partial charge is 0.370 e. The number of Topliss-reactive ketones (excluding diaryl/α,β-unsaturated/α-hetero) is 1. The summed E-state index contributed by atoms with van der Waals surface area (Å²) in [7, 11) is 1.61. The Morgan fingerprint density at radius 1 is 1.64 bits per heavy atom. The maximum atomic E-state index is 12.0. The third-order valence-electron chi connectivity index (χ3n) is 2.82. The Balaban J connectivity index is 2.23. The minimum absolute atomic E-state index is 0.0515. The lowest BCUT2D eigenvalue weighted by Gasteiger charge is -2.38. The maximum absolute atomic E-state index is 12.0. The Morgan fingerprint density at radius 3 is 2.71 bits per heavy atom. The van der Waals surface area contributed by atoms with Crippen LogP contribution >= 0.6 is 11.3 Å². The van der Waals surface area contributed by atoms with E-state index in [1.54, 1.807) is 7.11 Å². The molecular weight excluding hydrogens is 198 g/mol. The van der Waals surface area contributed by atoms with Crippen molar-refractivity contribution in [2.75, 3.05) is 7.11 Å². The standard InChI is InChI=1S/C10H13NO2S/c1-7-11-8(6-14-7)9(12)10(13-2)4-3-5-10/h6H,3-5H2,1-2H3. The second kappa shape index (κ2) is 3.44. The summed E-state index contributed by atoms with van der Waals surface area (Å²) in [6, 6.07) is 0. The van der Waals surface area contributed by atoms with E-state index in [1.165, 1.54) is 11.3 Å². The van der Waals surface area contributed by atoms with Gasteiger partial charge in [0.2, 0.25) is 5.78 Å². The smallest absolute Gasteiger partial charge is 0.213 e. The molecule has 0 spiro atoms. The lowest BCUT2D eigenvalue weighted by Crippen LogP contribution is -2.47. The number of aryl methyl sites for hydroxylation is 1. The van der Waals surface area contributed by atoms with Crippen molar-refractivity contribution < 1.29 is 9.53 Å². The minimum Gasteiger partial charge on any atom is -0.370 e. The van der Waals surface area contributed by atoms with Gasteiger partial charge >= 0.3 is 0 Å². The number of ether oxygens (including phenoxy) is 1. The Hall–Kier alpha value is -0.740. The predicted octanol–water partition coefficient (Wildman–Crippen LogP) is 2.20. The van der Waals surface area contributed by atoms with Crippen molar-refractivity contribution in [1.29, 1.82) is 0 Å². The van der Waals surface area contributed by atoms with Crippen LogP contribution < -0.4 is 0 Å². The summed E-state index contributed by atoms with van der Waals surface area (Å²) in [5, 5.41) is 2.75. The van der Waals surface area contributed by atoms with E-state index in [-0.39, 0.29) is 5.78 Å². The molecule has 0 aromatic carbocycles. The number of rotatable bonds is 3. The van der Waals surface area contributed by atoms with E-state index in [0.29, 0.717) is 5.69 Å². The van der Waals surface area contributed by atoms with Crippen LogP contribution in [0.25, 0.3) is 0 Å². The third kappa shape index (κ3) is 1.38. The first kappa shape index (κ1) is 9.80. The molecule has 0 atom stereocenters. The van der Waals surface area contributed by atoms with Crippen LogP contribution in [-0.4, -0.2) is 23.5 Å². The fraction of sp³-hybridized carbons (Fsp3) is 0.600. The van der Waals surface area contributed by atoms with E-state index < -0.39 is 5.60 Å². The predicted molar refractivity (Wildman–Crippen MR) is 54.8 cm³/mol. The molecule has 0 saturated heterocycles. The number of aromatic nitrogens is 1.